The van der Waals surface area contributed by atoms with Gasteiger partial charge in [-0.1, -0.05) is 219 Å². The highest BCUT2D eigenvalue weighted by Gasteiger charge is 2.19. The number of rotatable bonds is 48. The summed E-state index contributed by atoms with van der Waals surface area (Å²) in [7, 11) is 0. The molecule has 384 valence electrons. The minimum absolute atomic E-state index is 0.132. The molecule has 0 fully saturated rings. The van der Waals surface area contributed by atoms with E-state index < -0.39 is 6.10 Å². The molecular formula is C62H100O6. The second-order valence-corrected chi connectivity index (χ2v) is 17.7. The van der Waals surface area contributed by atoms with Crippen molar-refractivity contribution in [1.82, 2.24) is 0 Å². The number of carbonyl (C=O) groups excluding carboxylic acids is 3. The van der Waals surface area contributed by atoms with Crippen molar-refractivity contribution < 1.29 is 28.6 Å². The molecule has 0 amide bonds. The molecule has 0 rings (SSSR count). The lowest BCUT2D eigenvalue weighted by atomic mass is 10.1. The van der Waals surface area contributed by atoms with E-state index in [2.05, 4.69) is 130 Å². The summed E-state index contributed by atoms with van der Waals surface area (Å²) in [6.45, 7) is 6.38. The Labute approximate surface area is 418 Å². The summed E-state index contributed by atoms with van der Waals surface area (Å²) in [5.41, 5.74) is 0. The van der Waals surface area contributed by atoms with Crippen LogP contribution in [0.3, 0.4) is 0 Å². The number of unbranched alkanes of at least 4 members (excludes halogenated alkanes) is 17. The summed E-state index contributed by atoms with van der Waals surface area (Å²) in [5, 5.41) is 0. The van der Waals surface area contributed by atoms with Gasteiger partial charge in [-0.15, -0.1) is 0 Å². The first kappa shape index (κ1) is 63.8. The predicted octanol–water partition coefficient (Wildman–Crippen LogP) is 18.5. The Morgan fingerprint density at radius 3 is 1.04 bits per heavy atom. The van der Waals surface area contributed by atoms with Crippen LogP contribution in [0, 0.1) is 0 Å². The lowest BCUT2D eigenvalue weighted by Crippen LogP contribution is -2.30. The zero-order chi connectivity index (χ0) is 49.3. The molecule has 6 nitrogen and oxygen atoms in total. The number of allylic oxidation sites excluding steroid dienone is 20. The molecule has 0 aromatic heterocycles. The van der Waals surface area contributed by atoms with Crippen LogP contribution in [-0.4, -0.2) is 37.2 Å². The van der Waals surface area contributed by atoms with E-state index in [0.717, 1.165) is 89.9 Å². The van der Waals surface area contributed by atoms with Gasteiger partial charge in [0.1, 0.15) is 13.2 Å². The number of hydrogen-bond donors (Lipinski definition) is 0. The van der Waals surface area contributed by atoms with Crippen LogP contribution in [0.4, 0.5) is 0 Å². The normalized spacial score (nSPS) is 13.0. The van der Waals surface area contributed by atoms with Crippen molar-refractivity contribution >= 4 is 17.9 Å². The molecule has 0 heterocycles. The van der Waals surface area contributed by atoms with Gasteiger partial charge >= 0.3 is 17.9 Å². The molecule has 0 aromatic carbocycles. The predicted molar refractivity (Wildman–Crippen MR) is 293 cm³/mol. The summed E-state index contributed by atoms with van der Waals surface area (Å²) < 4.78 is 16.7. The number of esters is 3. The molecule has 0 saturated carbocycles. The van der Waals surface area contributed by atoms with E-state index in [1.165, 1.54) is 89.9 Å². The molecule has 0 bridgehead atoms. The number of carbonyl (C=O) groups is 3. The molecule has 0 saturated heterocycles. The summed E-state index contributed by atoms with van der Waals surface area (Å²) >= 11 is 0. The van der Waals surface area contributed by atoms with E-state index in [9.17, 15) is 14.4 Å². The second-order valence-electron chi connectivity index (χ2n) is 17.7. The number of hydrogen-bond acceptors (Lipinski definition) is 6. The molecular weight excluding hydrogens is 841 g/mol. The molecule has 0 aliphatic rings. The van der Waals surface area contributed by atoms with E-state index >= 15 is 0 Å². The van der Waals surface area contributed by atoms with Crippen LogP contribution in [0.5, 0.6) is 0 Å². The van der Waals surface area contributed by atoms with Gasteiger partial charge in [-0.05, 0) is 116 Å². The minimum atomic E-state index is -0.844. The summed E-state index contributed by atoms with van der Waals surface area (Å²) in [5.74, 6) is -1.09. The molecule has 68 heavy (non-hydrogen) atoms. The maximum absolute atomic E-state index is 12.8. The van der Waals surface area contributed by atoms with Gasteiger partial charge in [0, 0.05) is 19.3 Å². The number of ether oxygens (including phenoxy) is 3. The van der Waals surface area contributed by atoms with Crippen LogP contribution >= 0.6 is 0 Å². The smallest absolute Gasteiger partial charge is 0.306 e. The van der Waals surface area contributed by atoms with Gasteiger partial charge in [0.25, 0.3) is 0 Å². The Kier molecular flexibility index (Phi) is 52.0. The molecule has 0 aliphatic heterocycles. The second kappa shape index (κ2) is 55.4. The first-order valence-electron chi connectivity index (χ1n) is 27.5. The van der Waals surface area contributed by atoms with Gasteiger partial charge in [0.05, 0.1) is 0 Å². The van der Waals surface area contributed by atoms with E-state index in [4.69, 9.17) is 14.2 Å². The summed E-state index contributed by atoms with van der Waals surface area (Å²) in [6, 6.07) is 0. The van der Waals surface area contributed by atoms with Crippen LogP contribution < -0.4 is 0 Å². The molecule has 0 spiro atoms. The zero-order valence-corrected chi connectivity index (χ0v) is 43.8. The standard InChI is InChI=1S/C62H100O6/c1-4-7-10-13-16-19-22-25-28-30-31-33-34-37-40-43-46-49-52-55-61(64)67-58-59(57-66-60(63)54-51-48-45-42-39-36-27-24-21-18-15-12-9-6-3)68-62(65)56-53-50-47-44-41-38-35-32-29-26-23-20-17-14-11-8-5-2/h7,10,16,19,25-26,28-29,31,33,35-40,44,46-47,49,59H,4-6,8-9,11-15,17-18,20-24,27,30,32,34,41-43,45,48,50-58H2,1-3H3/b10-7-,19-16-,28-25-,29-26-,33-31-,38-35-,39-36-,40-37-,47-44-,49-46-. The Hall–Kier alpha value is -4.19. The fourth-order valence-corrected chi connectivity index (χ4v) is 7.07. The average molecular weight is 941 g/mol. The largest absolute Gasteiger partial charge is 0.462 e. The monoisotopic (exact) mass is 941 g/mol. The SMILES string of the molecule is CC/C=C\C/C=C\C/C=C\C/C=C\C/C=C\C/C=C\CCC(=O)OCC(COC(=O)CCCCC/C=C\CCCCCCCCC)OC(=O)CCC/C=C\C/C=C\C/C=C\CCCCCCCC. The van der Waals surface area contributed by atoms with E-state index in [0.29, 0.717) is 19.3 Å². The Morgan fingerprint density at radius 1 is 0.309 bits per heavy atom. The lowest BCUT2D eigenvalue weighted by Gasteiger charge is -2.18. The molecule has 0 radical (unpaired) electrons. The third-order valence-electron chi connectivity index (χ3n) is 11.2. The highest BCUT2D eigenvalue weighted by atomic mass is 16.6. The van der Waals surface area contributed by atoms with Crippen molar-refractivity contribution in [2.24, 2.45) is 0 Å². The Morgan fingerprint density at radius 2 is 0.618 bits per heavy atom. The van der Waals surface area contributed by atoms with E-state index in [1.54, 1.807) is 0 Å². The maximum atomic E-state index is 12.8. The molecule has 0 aromatic rings. The van der Waals surface area contributed by atoms with E-state index in [-0.39, 0.29) is 44.0 Å². The van der Waals surface area contributed by atoms with Crippen molar-refractivity contribution in [3.63, 3.8) is 0 Å². The average Bonchev–Trinajstić information content (AvgIpc) is 3.34. The first-order valence-corrected chi connectivity index (χ1v) is 27.5. The lowest BCUT2D eigenvalue weighted by molar-refractivity contribution is -0.166. The fourth-order valence-electron chi connectivity index (χ4n) is 7.07. The first-order chi connectivity index (χ1) is 33.5. The van der Waals surface area contributed by atoms with Crippen molar-refractivity contribution in [2.45, 2.75) is 239 Å². The third-order valence-corrected chi connectivity index (χ3v) is 11.2. The van der Waals surface area contributed by atoms with Gasteiger partial charge in [0.2, 0.25) is 0 Å². The highest BCUT2D eigenvalue weighted by Crippen LogP contribution is 2.12. The zero-order valence-electron chi connectivity index (χ0n) is 43.8. The highest BCUT2D eigenvalue weighted by molar-refractivity contribution is 5.71. The quantitative estimate of drug-likeness (QED) is 0.0262. The minimum Gasteiger partial charge on any atom is -0.462 e. The van der Waals surface area contributed by atoms with Gasteiger partial charge in [-0.25, -0.2) is 0 Å². The fraction of sp³-hybridized carbons (Fsp3) is 0.629. The van der Waals surface area contributed by atoms with Crippen LogP contribution in [0.15, 0.2) is 122 Å². The molecule has 0 aliphatic carbocycles. The Balaban J connectivity index is 4.61. The molecule has 1 atom stereocenters. The van der Waals surface area contributed by atoms with Crippen LogP contribution in [0.25, 0.3) is 0 Å². The molecule has 1 unspecified atom stereocenters. The Bertz CT molecular complexity index is 1450. The van der Waals surface area contributed by atoms with Crippen molar-refractivity contribution in [3.8, 4) is 0 Å². The van der Waals surface area contributed by atoms with Crippen LogP contribution in [0.1, 0.15) is 233 Å². The maximum Gasteiger partial charge on any atom is 0.306 e. The van der Waals surface area contributed by atoms with Gasteiger partial charge < -0.3 is 14.2 Å². The van der Waals surface area contributed by atoms with Gasteiger partial charge in [-0.3, -0.25) is 14.4 Å². The molecule has 6 heteroatoms. The third kappa shape index (κ3) is 52.8. The van der Waals surface area contributed by atoms with Crippen LogP contribution in [-0.2, 0) is 28.6 Å². The van der Waals surface area contributed by atoms with E-state index in [1.807, 2.05) is 12.2 Å². The summed E-state index contributed by atoms with van der Waals surface area (Å²) in [6.07, 6.45) is 76.3. The van der Waals surface area contributed by atoms with Crippen molar-refractivity contribution in [2.75, 3.05) is 13.2 Å². The summed E-state index contributed by atoms with van der Waals surface area (Å²) in [4.78, 5) is 38.0. The van der Waals surface area contributed by atoms with Gasteiger partial charge in [0.15, 0.2) is 6.10 Å². The van der Waals surface area contributed by atoms with Crippen LogP contribution in [0.2, 0.25) is 0 Å². The molecule has 0 N–H and O–H groups in total. The topological polar surface area (TPSA) is 78.9 Å². The van der Waals surface area contributed by atoms with Crippen molar-refractivity contribution in [1.29, 1.82) is 0 Å². The van der Waals surface area contributed by atoms with Gasteiger partial charge in [-0.2, -0.15) is 0 Å². The van der Waals surface area contributed by atoms with Crippen molar-refractivity contribution in [3.05, 3.63) is 122 Å².